The quantitative estimate of drug-likeness (QED) is 0.764. The molecule has 0 aliphatic rings. The van der Waals surface area contributed by atoms with E-state index in [9.17, 15) is 5.11 Å². The minimum atomic E-state index is 0.226. The summed E-state index contributed by atoms with van der Waals surface area (Å²) in [4.78, 5) is 4.28. The summed E-state index contributed by atoms with van der Waals surface area (Å²) in [5.74, 6) is 0.936. The first-order valence-electron chi connectivity index (χ1n) is 7.33. The third kappa shape index (κ3) is 3.40. The van der Waals surface area contributed by atoms with E-state index in [1.165, 1.54) is 0 Å². The lowest BCUT2D eigenvalue weighted by atomic mass is 9.98. The van der Waals surface area contributed by atoms with Crippen LogP contribution in [-0.4, -0.2) is 17.2 Å². The molecule has 0 atom stereocenters. The number of aromatic hydroxyl groups is 1. The van der Waals surface area contributed by atoms with Crippen molar-refractivity contribution in [2.75, 3.05) is 7.11 Å². The maximum absolute atomic E-state index is 10.2. The lowest BCUT2D eigenvalue weighted by Crippen LogP contribution is -1.87. The summed E-state index contributed by atoms with van der Waals surface area (Å²) < 4.78 is 5.26. The number of methoxy groups -OCH3 is 1. The minimum absolute atomic E-state index is 0.226. The largest absolute Gasteiger partial charge is 0.507 e. The number of ether oxygens (including phenoxy) is 1. The Morgan fingerprint density at radius 2 is 1.74 bits per heavy atom. The molecule has 3 aromatic rings. The van der Waals surface area contributed by atoms with Gasteiger partial charge in [0.15, 0.2) is 0 Å². The Labute approximate surface area is 135 Å². The maximum atomic E-state index is 10.2. The van der Waals surface area contributed by atoms with Gasteiger partial charge in [0.2, 0.25) is 0 Å². The van der Waals surface area contributed by atoms with Crippen LogP contribution in [0.4, 0.5) is 0 Å². The second-order valence-corrected chi connectivity index (χ2v) is 5.06. The van der Waals surface area contributed by atoms with Crippen molar-refractivity contribution < 1.29 is 9.84 Å². The highest BCUT2D eigenvalue weighted by Crippen LogP contribution is 2.35. The third-order valence-corrected chi connectivity index (χ3v) is 3.58. The standard InChI is InChI=1S/C20H17NO2/c1-23-17-11-12-20(22)19(14-17)18-8-3-2-6-15(18)9-10-16-7-4-5-13-21-16/h2-14,22H,1H3. The van der Waals surface area contributed by atoms with Crippen molar-refractivity contribution in [1.82, 2.24) is 4.98 Å². The number of benzene rings is 2. The SMILES string of the molecule is COc1ccc(O)c(-c2ccccc2C=Cc2ccccn2)c1. The maximum Gasteiger partial charge on any atom is 0.123 e. The molecule has 1 N–H and O–H groups in total. The van der Waals surface area contributed by atoms with Crippen LogP contribution >= 0.6 is 0 Å². The first-order chi connectivity index (χ1) is 11.3. The van der Waals surface area contributed by atoms with E-state index in [0.29, 0.717) is 5.75 Å². The van der Waals surface area contributed by atoms with Crippen LogP contribution in [0.5, 0.6) is 11.5 Å². The highest BCUT2D eigenvalue weighted by molar-refractivity contribution is 5.83. The summed E-state index contributed by atoms with van der Waals surface area (Å²) >= 11 is 0. The summed E-state index contributed by atoms with van der Waals surface area (Å²) in [6.45, 7) is 0. The van der Waals surface area contributed by atoms with Gasteiger partial charge in [0.1, 0.15) is 11.5 Å². The molecule has 3 nitrogen and oxygen atoms in total. The molecule has 0 bridgehead atoms. The Morgan fingerprint density at radius 3 is 2.52 bits per heavy atom. The second kappa shape index (κ2) is 6.79. The molecule has 3 heteroatoms. The summed E-state index contributed by atoms with van der Waals surface area (Å²) in [7, 11) is 1.61. The molecule has 0 saturated heterocycles. The molecule has 0 fully saturated rings. The van der Waals surface area contributed by atoms with Crippen molar-refractivity contribution >= 4 is 12.2 Å². The van der Waals surface area contributed by atoms with Crippen molar-refractivity contribution in [1.29, 1.82) is 0 Å². The molecule has 114 valence electrons. The van der Waals surface area contributed by atoms with Gasteiger partial charge < -0.3 is 9.84 Å². The molecular formula is C20H17NO2. The molecular weight excluding hydrogens is 286 g/mol. The van der Waals surface area contributed by atoms with Gasteiger partial charge in [0.25, 0.3) is 0 Å². The van der Waals surface area contributed by atoms with E-state index in [-0.39, 0.29) is 5.75 Å². The summed E-state index contributed by atoms with van der Waals surface area (Å²) in [5, 5.41) is 10.2. The van der Waals surface area contributed by atoms with Crippen LogP contribution in [0.25, 0.3) is 23.3 Å². The highest BCUT2D eigenvalue weighted by atomic mass is 16.5. The number of aromatic nitrogens is 1. The zero-order valence-electron chi connectivity index (χ0n) is 12.8. The molecule has 0 amide bonds. The molecule has 0 radical (unpaired) electrons. The van der Waals surface area contributed by atoms with Crippen LogP contribution in [-0.2, 0) is 0 Å². The van der Waals surface area contributed by atoms with E-state index < -0.39 is 0 Å². The van der Waals surface area contributed by atoms with Gasteiger partial charge >= 0.3 is 0 Å². The van der Waals surface area contributed by atoms with Crippen LogP contribution in [0.2, 0.25) is 0 Å². The molecule has 23 heavy (non-hydrogen) atoms. The van der Waals surface area contributed by atoms with Crippen LogP contribution in [0, 0.1) is 0 Å². The van der Waals surface area contributed by atoms with Crippen molar-refractivity contribution in [3.63, 3.8) is 0 Å². The zero-order chi connectivity index (χ0) is 16.1. The van der Waals surface area contributed by atoms with Gasteiger partial charge in [0.05, 0.1) is 12.8 Å². The number of pyridine rings is 1. The predicted molar refractivity (Wildman–Crippen MR) is 93.3 cm³/mol. The van der Waals surface area contributed by atoms with E-state index in [1.54, 1.807) is 25.4 Å². The van der Waals surface area contributed by atoms with Crippen LogP contribution in [0.3, 0.4) is 0 Å². The van der Waals surface area contributed by atoms with Crippen molar-refractivity contribution in [2.45, 2.75) is 0 Å². The summed E-state index contributed by atoms with van der Waals surface area (Å²) in [6.07, 6.45) is 5.71. The predicted octanol–water partition coefficient (Wildman–Crippen LogP) is 4.63. The van der Waals surface area contributed by atoms with Crippen LogP contribution < -0.4 is 4.74 Å². The lowest BCUT2D eigenvalue weighted by Gasteiger charge is -2.10. The van der Waals surface area contributed by atoms with Gasteiger partial charge in [-0.2, -0.15) is 0 Å². The Bertz CT molecular complexity index is 826. The van der Waals surface area contributed by atoms with Gasteiger partial charge in [-0.05, 0) is 47.5 Å². The van der Waals surface area contributed by atoms with E-state index >= 15 is 0 Å². The molecule has 1 heterocycles. The Balaban J connectivity index is 2.03. The first-order valence-corrected chi connectivity index (χ1v) is 7.33. The smallest absolute Gasteiger partial charge is 0.123 e. The van der Waals surface area contributed by atoms with E-state index in [4.69, 9.17) is 4.74 Å². The first kappa shape index (κ1) is 14.9. The number of hydrogen-bond acceptors (Lipinski definition) is 3. The molecule has 2 aromatic carbocycles. The van der Waals surface area contributed by atoms with Gasteiger partial charge in [0, 0.05) is 11.8 Å². The van der Waals surface area contributed by atoms with Crippen molar-refractivity contribution in [3.8, 4) is 22.6 Å². The Morgan fingerprint density at radius 1 is 0.913 bits per heavy atom. The highest BCUT2D eigenvalue weighted by Gasteiger charge is 2.09. The second-order valence-electron chi connectivity index (χ2n) is 5.06. The van der Waals surface area contributed by atoms with Crippen LogP contribution in [0.15, 0.2) is 66.9 Å². The number of phenolic OH excluding ortho intramolecular Hbond substituents is 1. The number of hydrogen-bond donors (Lipinski definition) is 1. The number of phenols is 1. The van der Waals surface area contributed by atoms with E-state index in [1.807, 2.05) is 60.7 Å². The molecule has 0 spiro atoms. The van der Waals surface area contributed by atoms with E-state index in [0.717, 1.165) is 22.4 Å². The number of nitrogens with zero attached hydrogens (tertiary/aromatic N) is 1. The summed E-state index contributed by atoms with van der Waals surface area (Å²) in [5.41, 5.74) is 3.57. The van der Waals surface area contributed by atoms with Gasteiger partial charge in [-0.3, -0.25) is 4.98 Å². The Hall–Kier alpha value is -3.07. The number of rotatable bonds is 4. The fourth-order valence-electron chi connectivity index (χ4n) is 2.40. The van der Waals surface area contributed by atoms with Crippen molar-refractivity contribution in [3.05, 3.63) is 78.1 Å². The van der Waals surface area contributed by atoms with Gasteiger partial charge in [-0.1, -0.05) is 36.4 Å². The third-order valence-electron chi connectivity index (χ3n) is 3.58. The monoisotopic (exact) mass is 303 g/mol. The fraction of sp³-hybridized carbons (Fsp3) is 0.0500. The molecule has 0 saturated carbocycles. The summed E-state index contributed by atoms with van der Waals surface area (Å²) in [6, 6.07) is 18.9. The molecule has 0 aliphatic carbocycles. The Kier molecular flexibility index (Phi) is 4.39. The van der Waals surface area contributed by atoms with E-state index in [2.05, 4.69) is 4.98 Å². The molecule has 1 aromatic heterocycles. The molecule has 3 rings (SSSR count). The average Bonchev–Trinajstić information content (AvgIpc) is 2.62. The van der Waals surface area contributed by atoms with Crippen molar-refractivity contribution in [2.24, 2.45) is 0 Å². The van der Waals surface area contributed by atoms with Gasteiger partial charge in [-0.15, -0.1) is 0 Å². The average molecular weight is 303 g/mol. The fourth-order valence-corrected chi connectivity index (χ4v) is 2.40. The normalized spacial score (nSPS) is 10.8. The minimum Gasteiger partial charge on any atom is -0.507 e. The molecule has 0 aliphatic heterocycles. The van der Waals surface area contributed by atoms with Gasteiger partial charge in [-0.25, -0.2) is 0 Å². The topological polar surface area (TPSA) is 42.4 Å². The molecule has 0 unspecified atom stereocenters. The zero-order valence-corrected chi connectivity index (χ0v) is 12.8. The lowest BCUT2D eigenvalue weighted by molar-refractivity contribution is 0.412. The van der Waals surface area contributed by atoms with Crippen LogP contribution in [0.1, 0.15) is 11.3 Å².